The fraction of sp³-hybridized carbons (Fsp3) is 0.100. The van der Waals surface area contributed by atoms with E-state index in [1.807, 2.05) is 6.07 Å². The van der Waals surface area contributed by atoms with Gasteiger partial charge in [-0.15, -0.1) is 0 Å². The second-order valence-corrected chi connectivity index (χ2v) is 6.26. The van der Waals surface area contributed by atoms with Gasteiger partial charge in [0.05, 0.1) is 12.6 Å². The molecule has 0 aliphatic rings. The third kappa shape index (κ3) is 3.76. The molecule has 2 amide bonds. The smallest absolute Gasteiger partial charge is 0.321 e. The number of hydrogen-bond donors (Lipinski definition) is 4. The Balaban J connectivity index is 1.55. The summed E-state index contributed by atoms with van der Waals surface area (Å²) in [6, 6.07) is 11.2. The number of aliphatic hydroxyl groups is 1. The number of hydrogen-bond acceptors (Lipinski definition) is 5. The highest BCUT2D eigenvalue weighted by atomic mass is 19.1. The highest BCUT2D eigenvalue weighted by Crippen LogP contribution is 2.29. The average Bonchev–Trinajstić information content (AvgIpc) is 3.20. The molecule has 0 aliphatic heterocycles. The second kappa shape index (κ2) is 8.03. The summed E-state index contributed by atoms with van der Waals surface area (Å²) >= 11 is 0. The zero-order chi connectivity index (χ0) is 20.2. The fourth-order valence-corrected chi connectivity index (χ4v) is 2.99. The van der Waals surface area contributed by atoms with Crippen LogP contribution in [0.4, 0.5) is 15.0 Å². The third-order valence-corrected chi connectivity index (χ3v) is 4.43. The van der Waals surface area contributed by atoms with E-state index in [0.29, 0.717) is 11.1 Å². The summed E-state index contributed by atoms with van der Waals surface area (Å²) in [6.07, 6.45) is 4.67. The molecule has 1 aromatic carbocycles. The quantitative estimate of drug-likeness (QED) is 0.417. The van der Waals surface area contributed by atoms with Crippen molar-refractivity contribution in [1.29, 1.82) is 0 Å². The molecule has 9 heteroatoms. The molecule has 0 bridgehead atoms. The maximum absolute atomic E-state index is 14.9. The predicted molar refractivity (Wildman–Crippen MR) is 106 cm³/mol. The Kier molecular flexibility index (Phi) is 5.12. The van der Waals surface area contributed by atoms with E-state index in [1.54, 1.807) is 48.8 Å². The van der Waals surface area contributed by atoms with E-state index in [-0.39, 0.29) is 17.9 Å². The number of aromatic amines is 1. The van der Waals surface area contributed by atoms with Gasteiger partial charge in [0, 0.05) is 29.5 Å². The first-order valence-electron chi connectivity index (χ1n) is 8.83. The lowest BCUT2D eigenvalue weighted by molar-refractivity contribution is 0.225. The van der Waals surface area contributed by atoms with Crippen molar-refractivity contribution in [2.24, 2.45) is 0 Å². The van der Waals surface area contributed by atoms with Crippen molar-refractivity contribution >= 4 is 22.8 Å². The number of halogens is 1. The molecule has 3 heterocycles. The van der Waals surface area contributed by atoms with Gasteiger partial charge < -0.3 is 10.4 Å². The summed E-state index contributed by atoms with van der Waals surface area (Å²) in [5, 5.41) is 21.8. The van der Waals surface area contributed by atoms with E-state index in [9.17, 15) is 14.3 Å². The van der Waals surface area contributed by atoms with Gasteiger partial charge in [-0.1, -0.05) is 30.3 Å². The van der Waals surface area contributed by atoms with Crippen LogP contribution >= 0.6 is 0 Å². The van der Waals surface area contributed by atoms with Crippen molar-refractivity contribution in [3.63, 3.8) is 0 Å². The van der Waals surface area contributed by atoms with E-state index in [0.717, 1.165) is 11.1 Å². The van der Waals surface area contributed by atoms with E-state index in [4.69, 9.17) is 0 Å². The predicted octanol–water partition coefficient (Wildman–Crippen LogP) is 3.01. The van der Waals surface area contributed by atoms with Gasteiger partial charge in [0.25, 0.3) is 0 Å². The van der Waals surface area contributed by atoms with Gasteiger partial charge >= 0.3 is 6.03 Å². The van der Waals surface area contributed by atoms with Crippen LogP contribution in [0, 0.1) is 5.82 Å². The second-order valence-electron chi connectivity index (χ2n) is 6.26. The number of aliphatic hydroxyl groups excluding tert-OH is 1. The molecule has 0 aliphatic carbocycles. The van der Waals surface area contributed by atoms with Crippen molar-refractivity contribution in [1.82, 2.24) is 25.5 Å². The Morgan fingerprint density at radius 3 is 2.66 bits per heavy atom. The van der Waals surface area contributed by atoms with Crippen LogP contribution in [0.3, 0.4) is 0 Å². The molecule has 29 heavy (non-hydrogen) atoms. The maximum atomic E-state index is 14.9. The molecular weight excluding hydrogens is 375 g/mol. The number of H-pyrrole nitrogens is 1. The maximum Gasteiger partial charge on any atom is 0.321 e. The lowest BCUT2D eigenvalue weighted by Gasteiger charge is -2.17. The molecule has 1 atom stereocenters. The Morgan fingerprint density at radius 1 is 1.17 bits per heavy atom. The van der Waals surface area contributed by atoms with Crippen LogP contribution in [0.25, 0.3) is 22.2 Å². The molecule has 0 radical (unpaired) electrons. The van der Waals surface area contributed by atoms with Crippen LogP contribution in [-0.4, -0.2) is 37.9 Å². The van der Waals surface area contributed by atoms with Gasteiger partial charge in [-0.2, -0.15) is 5.10 Å². The Labute approximate surface area is 164 Å². The lowest BCUT2D eigenvalue weighted by atomic mass is 10.1. The fourth-order valence-electron chi connectivity index (χ4n) is 2.99. The Hall–Kier alpha value is -3.85. The highest BCUT2D eigenvalue weighted by molar-refractivity contribution is 5.96. The van der Waals surface area contributed by atoms with Gasteiger partial charge in [0.2, 0.25) is 0 Å². The normalized spacial score (nSPS) is 11.9. The van der Waals surface area contributed by atoms with Gasteiger partial charge in [-0.3, -0.25) is 15.4 Å². The number of benzene rings is 1. The number of nitrogens with zero attached hydrogens (tertiary/aromatic N) is 3. The Bertz CT molecular complexity index is 1130. The number of pyridine rings is 2. The molecule has 0 saturated heterocycles. The molecule has 4 N–H and O–H groups in total. The van der Waals surface area contributed by atoms with Crippen LogP contribution < -0.4 is 10.6 Å². The van der Waals surface area contributed by atoms with Crippen molar-refractivity contribution < 1.29 is 14.3 Å². The number of urea groups is 1. The van der Waals surface area contributed by atoms with E-state index in [1.165, 1.54) is 6.20 Å². The van der Waals surface area contributed by atoms with E-state index < -0.39 is 17.9 Å². The monoisotopic (exact) mass is 392 g/mol. The van der Waals surface area contributed by atoms with Crippen LogP contribution in [0.15, 0.2) is 61.1 Å². The summed E-state index contributed by atoms with van der Waals surface area (Å²) in [4.78, 5) is 20.3. The molecule has 0 saturated carbocycles. The zero-order valence-corrected chi connectivity index (χ0v) is 15.1. The highest BCUT2D eigenvalue weighted by Gasteiger charge is 2.19. The van der Waals surface area contributed by atoms with Gasteiger partial charge in [0.15, 0.2) is 11.6 Å². The molecule has 3 aromatic heterocycles. The molecule has 8 nitrogen and oxygen atoms in total. The van der Waals surface area contributed by atoms with Gasteiger partial charge in [-0.25, -0.2) is 14.2 Å². The number of anilines is 1. The minimum atomic E-state index is -0.731. The van der Waals surface area contributed by atoms with Gasteiger partial charge in [-0.05, 0) is 17.7 Å². The van der Waals surface area contributed by atoms with Crippen molar-refractivity contribution in [3.8, 4) is 11.3 Å². The van der Waals surface area contributed by atoms with Crippen molar-refractivity contribution in [3.05, 3.63) is 72.4 Å². The number of fused-ring (bicyclic) bond motifs is 1. The minimum absolute atomic E-state index is 0.129. The standard InChI is InChI=1S/C20H17FN6O2/c21-16-18-14(17(26-27-18)13-6-8-22-9-7-13)10-23-19(16)25-20(29)24-15(11-28)12-4-2-1-3-5-12/h1-10,15,28H,11H2,(H,26,27)(H2,23,24,25,29)/t15-/m1/s1. The number of nitrogens with one attached hydrogen (secondary N) is 3. The molecule has 0 spiro atoms. The molecular formula is C20H17FN6O2. The molecule has 0 fully saturated rings. The number of aromatic nitrogens is 4. The molecule has 0 unspecified atom stereocenters. The molecule has 4 aromatic rings. The largest absolute Gasteiger partial charge is 0.394 e. The first kappa shape index (κ1) is 18.5. The van der Waals surface area contributed by atoms with E-state index in [2.05, 4.69) is 30.8 Å². The number of carbonyl (C=O) groups is 1. The van der Waals surface area contributed by atoms with Crippen molar-refractivity contribution in [2.75, 3.05) is 11.9 Å². The average molecular weight is 392 g/mol. The van der Waals surface area contributed by atoms with Crippen LogP contribution in [-0.2, 0) is 0 Å². The Morgan fingerprint density at radius 2 is 1.93 bits per heavy atom. The summed E-state index contributed by atoms with van der Waals surface area (Å²) in [5.41, 5.74) is 2.15. The minimum Gasteiger partial charge on any atom is -0.394 e. The number of rotatable bonds is 5. The summed E-state index contributed by atoms with van der Waals surface area (Å²) in [6.45, 7) is -0.303. The van der Waals surface area contributed by atoms with Crippen LogP contribution in [0.1, 0.15) is 11.6 Å². The van der Waals surface area contributed by atoms with E-state index >= 15 is 0 Å². The van der Waals surface area contributed by atoms with Crippen LogP contribution in [0.2, 0.25) is 0 Å². The topological polar surface area (TPSA) is 116 Å². The third-order valence-electron chi connectivity index (χ3n) is 4.43. The summed E-state index contributed by atoms with van der Waals surface area (Å²) < 4.78 is 14.9. The first-order chi connectivity index (χ1) is 14.2. The molecule has 146 valence electrons. The SMILES string of the molecule is O=C(Nc1ncc2c(-c3ccncc3)n[nH]c2c1F)N[C@H](CO)c1ccccc1. The van der Waals surface area contributed by atoms with Crippen LogP contribution in [0.5, 0.6) is 0 Å². The van der Waals surface area contributed by atoms with Crippen molar-refractivity contribution in [2.45, 2.75) is 6.04 Å². The summed E-state index contributed by atoms with van der Waals surface area (Å²) in [7, 11) is 0. The number of carbonyl (C=O) groups excluding carboxylic acids is 1. The lowest BCUT2D eigenvalue weighted by Crippen LogP contribution is -2.34. The summed E-state index contributed by atoms with van der Waals surface area (Å²) in [5.74, 6) is -0.976. The van der Waals surface area contributed by atoms with Gasteiger partial charge in [0.1, 0.15) is 11.2 Å². The first-order valence-corrected chi connectivity index (χ1v) is 8.83. The zero-order valence-electron chi connectivity index (χ0n) is 15.1. The molecule has 4 rings (SSSR count). The number of amides is 2.